The number of benzene rings is 1. The van der Waals surface area contributed by atoms with E-state index in [9.17, 15) is 9.59 Å². The number of amides is 1. The van der Waals surface area contributed by atoms with Crippen molar-refractivity contribution in [3.63, 3.8) is 0 Å². The normalized spacial score (nSPS) is 12.0. The summed E-state index contributed by atoms with van der Waals surface area (Å²) in [6.45, 7) is 7.48. The predicted octanol–water partition coefficient (Wildman–Crippen LogP) is 3.18. The number of pyridine rings is 1. The number of nitrogens with zero attached hydrogens (tertiary/aromatic N) is 1. The molecule has 1 atom stereocenters. The summed E-state index contributed by atoms with van der Waals surface area (Å²) in [6, 6.07) is 7.54. The van der Waals surface area contributed by atoms with E-state index in [0.717, 1.165) is 35.0 Å². The number of para-hydroxylation sites is 1. The van der Waals surface area contributed by atoms with Gasteiger partial charge in [-0.05, 0) is 38.3 Å². The van der Waals surface area contributed by atoms with Gasteiger partial charge in [-0.25, -0.2) is 4.79 Å². The highest BCUT2D eigenvalue weighted by Crippen LogP contribution is 2.24. The maximum Gasteiger partial charge on any atom is 0.339 e. The summed E-state index contributed by atoms with van der Waals surface area (Å²) in [4.78, 5) is 29.0. The summed E-state index contributed by atoms with van der Waals surface area (Å²) in [6.07, 6.45) is 1.55. The highest BCUT2D eigenvalue weighted by atomic mass is 16.5. The van der Waals surface area contributed by atoms with Crippen LogP contribution in [0.5, 0.6) is 0 Å². The minimum absolute atomic E-state index is 0.0615. The lowest BCUT2D eigenvalue weighted by Crippen LogP contribution is -2.35. The average Bonchev–Trinajstić information content (AvgIpc) is 2.58. The SMILES string of the molecule is CCc1nc2ccccc2c(C(=O)OCC(=O)N[C@@H](C)CC)c1C. The molecule has 0 unspecified atom stereocenters. The predicted molar refractivity (Wildman–Crippen MR) is 94.0 cm³/mol. The number of aryl methyl sites for hydroxylation is 1. The van der Waals surface area contributed by atoms with E-state index in [4.69, 9.17) is 4.74 Å². The number of esters is 1. The second-order valence-electron chi connectivity index (χ2n) is 5.88. The first-order valence-electron chi connectivity index (χ1n) is 8.32. The van der Waals surface area contributed by atoms with Crippen molar-refractivity contribution < 1.29 is 14.3 Å². The Bertz CT molecular complexity index is 756. The minimum Gasteiger partial charge on any atom is -0.452 e. The number of fused-ring (bicyclic) bond motifs is 1. The van der Waals surface area contributed by atoms with Crippen LogP contribution in [0.1, 0.15) is 48.8 Å². The van der Waals surface area contributed by atoms with Crippen LogP contribution in [0.3, 0.4) is 0 Å². The lowest BCUT2D eigenvalue weighted by Gasteiger charge is -2.14. The van der Waals surface area contributed by atoms with Crippen LogP contribution >= 0.6 is 0 Å². The third kappa shape index (κ3) is 3.91. The quantitative estimate of drug-likeness (QED) is 0.827. The molecule has 5 heteroatoms. The van der Waals surface area contributed by atoms with E-state index >= 15 is 0 Å². The van der Waals surface area contributed by atoms with Gasteiger partial charge in [-0.15, -0.1) is 0 Å². The van der Waals surface area contributed by atoms with Gasteiger partial charge in [-0.2, -0.15) is 0 Å². The Morgan fingerprint density at radius 1 is 1.25 bits per heavy atom. The van der Waals surface area contributed by atoms with Crippen LogP contribution in [-0.2, 0) is 16.0 Å². The monoisotopic (exact) mass is 328 g/mol. The topological polar surface area (TPSA) is 68.3 Å². The Morgan fingerprint density at radius 3 is 2.62 bits per heavy atom. The number of carbonyl (C=O) groups is 2. The molecule has 2 rings (SSSR count). The Labute approximate surface area is 142 Å². The molecule has 0 aliphatic rings. The molecule has 1 N–H and O–H groups in total. The van der Waals surface area contributed by atoms with Crippen LogP contribution in [0.25, 0.3) is 10.9 Å². The maximum absolute atomic E-state index is 12.6. The molecule has 0 radical (unpaired) electrons. The van der Waals surface area contributed by atoms with Crippen molar-refractivity contribution in [1.29, 1.82) is 0 Å². The van der Waals surface area contributed by atoms with Gasteiger partial charge in [0.15, 0.2) is 6.61 Å². The lowest BCUT2D eigenvalue weighted by molar-refractivity contribution is -0.124. The zero-order valence-electron chi connectivity index (χ0n) is 14.7. The van der Waals surface area contributed by atoms with E-state index in [-0.39, 0.29) is 18.6 Å². The first-order valence-corrected chi connectivity index (χ1v) is 8.32. The van der Waals surface area contributed by atoms with Crippen molar-refractivity contribution >= 4 is 22.8 Å². The van der Waals surface area contributed by atoms with Crippen LogP contribution in [0.2, 0.25) is 0 Å². The van der Waals surface area contributed by atoms with Crippen LogP contribution in [0, 0.1) is 6.92 Å². The average molecular weight is 328 g/mol. The number of ether oxygens (including phenoxy) is 1. The summed E-state index contributed by atoms with van der Waals surface area (Å²) in [5.41, 5.74) is 2.93. The highest BCUT2D eigenvalue weighted by Gasteiger charge is 2.19. The standard InChI is InChI=1S/C19H24N2O3/c1-5-12(3)20-17(22)11-24-19(23)18-13(4)15(6-2)21-16-10-8-7-9-14(16)18/h7-10,12H,5-6,11H2,1-4H3,(H,20,22)/t12-/m0/s1. The largest absolute Gasteiger partial charge is 0.452 e. The fourth-order valence-corrected chi connectivity index (χ4v) is 2.59. The molecule has 0 aliphatic carbocycles. The van der Waals surface area contributed by atoms with E-state index in [1.54, 1.807) is 0 Å². The molecule has 128 valence electrons. The van der Waals surface area contributed by atoms with E-state index in [1.165, 1.54) is 0 Å². The summed E-state index contributed by atoms with van der Waals surface area (Å²) in [5.74, 6) is -0.774. The van der Waals surface area contributed by atoms with Gasteiger partial charge in [0.2, 0.25) is 0 Å². The van der Waals surface area contributed by atoms with Crippen LogP contribution in [0.15, 0.2) is 24.3 Å². The van der Waals surface area contributed by atoms with Crippen LogP contribution < -0.4 is 5.32 Å². The third-order valence-corrected chi connectivity index (χ3v) is 4.13. The maximum atomic E-state index is 12.6. The Balaban J connectivity index is 2.26. The van der Waals surface area contributed by atoms with Gasteiger partial charge in [0.1, 0.15) is 0 Å². The number of nitrogens with one attached hydrogen (secondary N) is 1. The number of hydrogen-bond acceptors (Lipinski definition) is 4. The molecule has 1 heterocycles. The fraction of sp³-hybridized carbons (Fsp3) is 0.421. The molecule has 0 fully saturated rings. The number of hydrogen-bond donors (Lipinski definition) is 1. The Hall–Kier alpha value is -2.43. The number of rotatable bonds is 6. The van der Waals surface area contributed by atoms with E-state index in [2.05, 4.69) is 10.3 Å². The summed E-state index contributed by atoms with van der Waals surface area (Å²) < 4.78 is 5.24. The zero-order chi connectivity index (χ0) is 17.7. The van der Waals surface area contributed by atoms with E-state index in [1.807, 2.05) is 52.0 Å². The molecule has 1 aromatic heterocycles. The molecule has 2 aromatic rings. The van der Waals surface area contributed by atoms with Crippen molar-refractivity contribution in [2.24, 2.45) is 0 Å². The van der Waals surface area contributed by atoms with Crippen LogP contribution in [0.4, 0.5) is 0 Å². The molecule has 1 aromatic carbocycles. The summed E-state index contributed by atoms with van der Waals surface area (Å²) in [7, 11) is 0. The number of carbonyl (C=O) groups excluding carboxylic acids is 2. The van der Waals surface area contributed by atoms with Crippen molar-refractivity contribution in [2.75, 3.05) is 6.61 Å². The Kier molecular flexibility index (Phi) is 5.90. The molecule has 24 heavy (non-hydrogen) atoms. The zero-order valence-corrected chi connectivity index (χ0v) is 14.7. The van der Waals surface area contributed by atoms with Gasteiger partial charge in [0.25, 0.3) is 5.91 Å². The third-order valence-electron chi connectivity index (χ3n) is 4.13. The molecule has 5 nitrogen and oxygen atoms in total. The summed E-state index contributed by atoms with van der Waals surface area (Å²) in [5, 5.41) is 3.53. The van der Waals surface area contributed by atoms with Gasteiger partial charge in [-0.1, -0.05) is 32.0 Å². The smallest absolute Gasteiger partial charge is 0.339 e. The first kappa shape index (κ1) is 17.9. The minimum atomic E-state index is -0.486. The Morgan fingerprint density at radius 2 is 1.96 bits per heavy atom. The molecule has 0 spiro atoms. The lowest BCUT2D eigenvalue weighted by atomic mass is 10.0. The van der Waals surface area contributed by atoms with Crippen LogP contribution in [-0.4, -0.2) is 29.5 Å². The van der Waals surface area contributed by atoms with Crippen molar-refractivity contribution in [3.8, 4) is 0 Å². The summed E-state index contributed by atoms with van der Waals surface area (Å²) >= 11 is 0. The second-order valence-corrected chi connectivity index (χ2v) is 5.88. The number of aromatic nitrogens is 1. The van der Waals surface area contributed by atoms with Gasteiger partial charge < -0.3 is 10.1 Å². The van der Waals surface area contributed by atoms with Crippen molar-refractivity contribution in [1.82, 2.24) is 10.3 Å². The molecule has 0 bridgehead atoms. The van der Waals surface area contributed by atoms with Gasteiger partial charge in [0.05, 0.1) is 11.1 Å². The fourth-order valence-electron chi connectivity index (χ4n) is 2.59. The van der Waals surface area contributed by atoms with Crippen molar-refractivity contribution in [3.05, 3.63) is 41.1 Å². The first-order chi connectivity index (χ1) is 11.5. The van der Waals surface area contributed by atoms with E-state index < -0.39 is 5.97 Å². The van der Waals surface area contributed by atoms with E-state index in [0.29, 0.717) is 5.56 Å². The van der Waals surface area contributed by atoms with Crippen molar-refractivity contribution in [2.45, 2.75) is 46.6 Å². The highest BCUT2D eigenvalue weighted by molar-refractivity contribution is 6.05. The molecule has 1 amide bonds. The molecular weight excluding hydrogens is 304 g/mol. The second kappa shape index (κ2) is 7.90. The van der Waals surface area contributed by atoms with Gasteiger partial charge >= 0.3 is 5.97 Å². The molecule has 0 saturated heterocycles. The molecule has 0 aliphatic heterocycles. The van der Waals surface area contributed by atoms with Gasteiger partial charge in [-0.3, -0.25) is 9.78 Å². The molecule has 0 saturated carbocycles. The van der Waals surface area contributed by atoms with Gasteiger partial charge in [0, 0.05) is 17.1 Å². The molecular formula is C19H24N2O3.